The minimum absolute atomic E-state index is 0.0708. The number of pyridine rings is 1. The van der Waals surface area contributed by atoms with Crippen LogP contribution >= 0.6 is 0 Å². The van der Waals surface area contributed by atoms with Gasteiger partial charge in [-0.25, -0.2) is 0 Å². The molecule has 0 fully saturated rings. The molecule has 0 aliphatic heterocycles. The van der Waals surface area contributed by atoms with Gasteiger partial charge in [0.05, 0.1) is 11.7 Å². The van der Waals surface area contributed by atoms with Gasteiger partial charge in [0.25, 0.3) is 0 Å². The standard InChI is InChI=1S/C13H18N2O3/c1-10(11-6-4-5-9-14-11)15-12(16)7-2-3-8-13(17)18/h4-6,9-10H,2-3,7-8H2,1H3,(H,15,16)(H,17,18)/t10-/m0/s1. The van der Waals surface area contributed by atoms with E-state index in [1.807, 2.05) is 25.1 Å². The second-order valence-electron chi connectivity index (χ2n) is 4.14. The van der Waals surface area contributed by atoms with Crippen LogP contribution in [0.1, 0.15) is 44.3 Å². The molecule has 5 nitrogen and oxygen atoms in total. The van der Waals surface area contributed by atoms with Crippen LogP contribution in [0.15, 0.2) is 24.4 Å². The number of carboxylic acids is 1. The van der Waals surface area contributed by atoms with Gasteiger partial charge in [0.1, 0.15) is 0 Å². The Morgan fingerprint density at radius 1 is 1.33 bits per heavy atom. The largest absolute Gasteiger partial charge is 0.481 e. The normalized spacial score (nSPS) is 11.8. The first-order chi connectivity index (χ1) is 8.59. The van der Waals surface area contributed by atoms with Gasteiger partial charge in [-0.05, 0) is 31.9 Å². The summed E-state index contributed by atoms with van der Waals surface area (Å²) >= 11 is 0. The van der Waals surface area contributed by atoms with Gasteiger partial charge in [-0.3, -0.25) is 14.6 Å². The molecule has 0 aromatic carbocycles. The van der Waals surface area contributed by atoms with Crippen LogP contribution in [-0.4, -0.2) is 22.0 Å². The third-order valence-electron chi connectivity index (χ3n) is 2.55. The number of carbonyl (C=O) groups is 2. The second-order valence-corrected chi connectivity index (χ2v) is 4.14. The summed E-state index contributed by atoms with van der Waals surface area (Å²) in [5, 5.41) is 11.3. The summed E-state index contributed by atoms with van der Waals surface area (Å²) in [6, 6.07) is 5.43. The smallest absolute Gasteiger partial charge is 0.303 e. The number of amides is 1. The average Bonchev–Trinajstić information content (AvgIpc) is 2.35. The molecule has 0 spiro atoms. The monoisotopic (exact) mass is 250 g/mol. The molecule has 0 unspecified atom stereocenters. The van der Waals surface area contributed by atoms with Crippen molar-refractivity contribution in [2.75, 3.05) is 0 Å². The first-order valence-corrected chi connectivity index (χ1v) is 6.01. The minimum atomic E-state index is -0.822. The maximum absolute atomic E-state index is 11.6. The second kappa shape index (κ2) is 7.42. The van der Waals surface area contributed by atoms with Crippen LogP contribution in [-0.2, 0) is 9.59 Å². The van der Waals surface area contributed by atoms with Crippen molar-refractivity contribution in [1.29, 1.82) is 0 Å². The van der Waals surface area contributed by atoms with E-state index in [9.17, 15) is 9.59 Å². The number of rotatable bonds is 7. The quantitative estimate of drug-likeness (QED) is 0.724. The third-order valence-corrected chi connectivity index (χ3v) is 2.55. The number of aromatic nitrogens is 1. The molecule has 1 heterocycles. The van der Waals surface area contributed by atoms with E-state index in [2.05, 4.69) is 10.3 Å². The summed E-state index contributed by atoms with van der Waals surface area (Å²) in [5.74, 6) is -0.893. The number of aliphatic carboxylic acids is 1. The number of hydrogen-bond acceptors (Lipinski definition) is 3. The Labute approximate surface area is 106 Å². The highest BCUT2D eigenvalue weighted by Gasteiger charge is 2.09. The van der Waals surface area contributed by atoms with Crippen LogP contribution in [0.5, 0.6) is 0 Å². The molecule has 5 heteroatoms. The van der Waals surface area contributed by atoms with Crippen molar-refractivity contribution in [1.82, 2.24) is 10.3 Å². The molecule has 1 atom stereocenters. The fraction of sp³-hybridized carbons (Fsp3) is 0.462. The number of carbonyl (C=O) groups excluding carboxylic acids is 1. The molecule has 0 aliphatic rings. The van der Waals surface area contributed by atoms with Gasteiger partial charge in [0.15, 0.2) is 0 Å². The van der Waals surface area contributed by atoms with E-state index in [1.54, 1.807) is 6.20 Å². The predicted octanol–water partition coefficient (Wildman–Crippen LogP) is 1.90. The van der Waals surface area contributed by atoms with Gasteiger partial charge in [-0.1, -0.05) is 6.07 Å². The van der Waals surface area contributed by atoms with Gasteiger partial charge in [-0.2, -0.15) is 0 Å². The molecule has 2 N–H and O–H groups in total. The molecular formula is C13H18N2O3. The number of carboxylic acid groups (broad SMARTS) is 1. The van der Waals surface area contributed by atoms with E-state index >= 15 is 0 Å². The Morgan fingerprint density at radius 2 is 2.06 bits per heavy atom. The average molecular weight is 250 g/mol. The van der Waals surface area contributed by atoms with E-state index in [1.165, 1.54) is 0 Å². The molecular weight excluding hydrogens is 232 g/mol. The van der Waals surface area contributed by atoms with E-state index in [-0.39, 0.29) is 18.4 Å². The van der Waals surface area contributed by atoms with E-state index in [4.69, 9.17) is 5.11 Å². The SMILES string of the molecule is C[C@H](NC(=O)CCCCC(=O)O)c1ccccn1. The summed E-state index contributed by atoms with van der Waals surface area (Å²) in [4.78, 5) is 26.0. The summed E-state index contributed by atoms with van der Waals surface area (Å²) < 4.78 is 0. The predicted molar refractivity (Wildman–Crippen MR) is 66.9 cm³/mol. The molecule has 98 valence electrons. The highest BCUT2D eigenvalue weighted by molar-refractivity contribution is 5.76. The minimum Gasteiger partial charge on any atom is -0.481 e. The lowest BCUT2D eigenvalue weighted by Gasteiger charge is -2.12. The van der Waals surface area contributed by atoms with Crippen molar-refractivity contribution in [3.63, 3.8) is 0 Å². The first-order valence-electron chi connectivity index (χ1n) is 6.01. The Hall–Kier alpha value is -1.91. The molecule has 1 amide bonds. The number of hydrogen-bond donors (Lipinski definition) is 2. The number of nitrogens with zero attached hydrogens (tertiary/aromatic N) is 1. The molecule has 0 saturated heterocycles. The summed E-state index contributed by atoms with van der Waals surface area (Å²) in [5.41, 5.74) is 0.816. The first kappa shape index (κ1) is 14.2. The highest BCUT2D eigenvalue weighted by Crippen LogP contribution is 2.08. The van der Waals surface area contributed by atoms with E-state index in [0.717, 1.165) is 5.69 Å². The maximum atomic E-state index is 11.6. The Kier molecular flexibility index (Phi) is 5.84. The Bertz CT molecular complexity index is 392. The van der Waals surface area contributed by atoms with Crippen LogP contribution in [0.4, 0.5) is 0 Å². The van der Waals surface area contributed by atoms with Crippen LogP contribution in [0.25, 0.3) is 0 Å². The van der Waals surface area contributed by atoms with Gasteiger partial charge in [0.2, 0.25) is 5.91 Å². The fourth-order valence-electron chi connectivity index (χ4n) is 1.58. The van der Waals surface area contributed by atoms with E-state index < -0.39 is 5.97 Å². The zero-order valence-electron chi connectivity index (χ0n) is 10.4. The lowest BCUT2D eigenvalue weighted by Crippen LogP contribution is -2.26. The zero-order valence-corrected chi connectivity index (χ0v) is 10.4. The Morgan fingerprint density at radius 3 is 2.67 bits per heavy atom. The van der Waals surface area contributed by atoms with Gasteiger partial charge < -0.3 is 10.4 Å². The summed E-state index contributed by atoms with van der Waals surface area (Å²) in [7, 11) is 0. The number of nitrogens with one attached hydrogen (secondary N) is 1. The van der Waals surface area contributed by atoms with Crippen molar-refractivity contribution in [3.8, 4) is 0 Å². The zero-order chi connectivity index (χ0) is 13.4. The fourth-order valence-corrected chi connectivity index (χ4v) is 1.58. The van der Waals surface area contributed by atoms with Crippen LogP contribution in [0, 0.1) is 0 Å². The molecule has 0 saturated carbocycles. The van der Waals surface area contributed by atoms with Gasteiger partial charge >= 0.3 is 5.97 Å². The van der Waals surface area contributed by atoms with E-state index in [0.29, 0.717) is 19.3 Å². The van der Waals surface area contributed by atoms with Crippen molar-refractivity contribution in [2.45, 2.75) is 38.6 Å². The Balaban J connectivity index is 2.26. The summed E-state index contributed by atoms with van der Waals surface area (Å²) in [6.45, 7) is 1.87. The molecule has 1 aromatic rings. The van der Waals surface area contributed by atoms with Crippen LogP contribution < -0.4 is 5.32 Å². The molecule has 1 aromatic heterocycles. The molecule has 18 heavy (non-hydrogen) atoms. The topological polar surface area (TPSA) is 79.3 Å². The molecule has 0 aliphatic carbocycles. The van der Waals surface area contributed by atoms with Crippen molar-refractivity contribution >= 4 is 11.9 Å². The third kappa shape index (κ3) is 5.43. The van der Waals surface area contributed by atoms with Gasteiger partial charge in [0, 0.05) is 19.0 Å². The van der Waals surface area contributed by atoms with Crippen molar-refractivity contribution in [2.24, 2.45) is 0 Å². The van der Waals surface area contributed by atoms with Crippen molar-refractivity contribution in [3.05, 3.63) is 30.1 Å². The summed E-state index contributed by atoms with van der Waals surface area (Å²) in [6.07, 6.45) is 3.27. The lowest BCUT2D eigenvalue weighted by molar-refractivity contribution is -0.137. The maximum Gasteiger partial charge on any atom is 0.303 e. The van der Waals surface area contributed by atoms with Crippen molar-refractivity contribution < 1.29 is 14.7 Å². The lowest BCUT2D eigenvalue weighted by atomic mass is 10.1. The van der Waals surface area contributed by atoms with Gasteiger partial charge in [-0.15, -0.1) is 0 Å². The molecule has 0 radical (unpaired) electrons. The van der Waals surface area contributed by atoms with Crippen LogP contribution in [0.3, 0.4) is 0 Å². The number of unbranched alkanes of at least 4 members (excludes halogenated alkanes) is 1. The molecule has 0 bridgehead atoms. The molecule has 1 rings (SSSR count). The van der Waals surface area contributed by atoms with Crippen LogP contribution in [0.2, 0.25) is 0 Å². The highest BCUT2D eigenvalue weighted by atomic mass is 16.4.